The third-order valence-electron chi connectivity index (χ3n) is 4.33. The highest BCUT2D eigenvalue weighted by atomic mass is 35.5. The Kier molecular flexibility index (Phi) is 4.49. The molecule has 1 N–H and O–H groups in total. The number of amides is 1. The molecular formula is C18H16ClNO6S. The molecule has 0 aromatic heterocycles. The molecule has 142 valence electrons. The molecule has 2 aromatic carbocycles. The minimum Gasteiger partial charge on any atom is -0.486 e. The second kappa shape index (κ2) is 6.70. The van der Waals surface area contributed by atoms with Gasteiger partial charge in [0.15, 0.2) is 17.6 Å². The summed E-state index contributed by atoms with van der Waals surface area (Å²) in [6.07, 6.45) is -0.518. The smallest absolute Gasteiger partial charge is 0.297 e. The van der Waals surface area contributed by atoms with E-state index in [1.54, 1.807) is 18.2 Å². The Hall–Kier alpha value is -2.29. The van der Waals surface area contributed by atoms with Crippen LogP contribution in [0, 0.1) is 6.92 Å². The van der Waals surface area contributed by atoms with Gasteiger partial charge in [0.05, 0.1) is 22.0 Å². The topological polar surface area (TPSA) is 90.9 Å². The van der Waals surface area contributed by atoms with E-state index in [4.69, 9.17) is 25.3 Å². The molecule has 2 aromatic rings. The zero-order chi connectivity index (χ0) is 19.2. The van der Waals surface area contributed by atoms with Gasteiger partial charge < -0.3 is 14.8 Å². The lowest BCUT2D eigenvalue weighted by molar-refractivity contribution is -0.115. The summed E-state index contributed by atoms with van der Waals surface area (Å²) < 4.78 is 41.3. The van der Waals surface area contributed by atoms with Crippen molar-refractivity contribution < 1.29 is 26.9 Å². The summed E-state index contributed by atoms with van der Waals surface area (Å²) in [5.41, 5.74) is 2.05. The van der Waals surface area contributed by atoms with Crippen molar-refractivity contribution >= 4 is 33.3 Å². The van der Waals surface area contributed by atoms with Crippen LogP contribution >= 0.6 is 11.6 Å². The van der Waals surface area contributed by atoms with Gasteiger partial charge in [0.1, 0.15) is 13.2 Å². The van der Waals surface area contributed by atoms with Crippen molar-refractivity contribution in [2.24, 2.45) is 0 Å². The average molecular weight is 410 g/mol. The lowest BCUT2D eigenvalue weighted by Gasteiger charge is -2.28. The van der Waals surface area contributed by atoms with Gasteiger partial charge in [-0.1, -0.05) is 29.3 Å². The number of halogens is 1. The molecule has 9 heteroatoms. The van der Waals surface area contributed by atoms with E-state index in [9.17, 15) is 13.2 Å². The molecule has 1 amide bonds. The molecule has 1 atom stereocenters. The van der Waals surface area contributed by atoms with Gasteiger partial charge in [-0.15, -0.1) is 0 Å². The molecule has 2 heterocycles. The van der Waals surface area contributed by atoms with Crippen molar-refractivity contribution in [3.05, 3.63) is 46.5 Å². The van der Waals surface area contributed by atoms with Crippen molar-refractivity contribution in [2.75, 3.05) is 18.5 Å². The maximum atomic E-state index is 12.3. The molecule has 0 spiro atoms. The molecule has 2 aliphatic heterocycles. The van der Waals surface area contributed by atoms with E-state index in [0.29, 0.717) is 27.8 Å². The van der Waals surface area contributed by atoms with E-state index in [1.165, 1.54) is 12.1 Å². The summed E-state index contributed by atoms with van der Waals surface area (Å²) in [4.78, 5) is 11.8. The predicted octanol–water partition coefficient (Wildman–Crippen LogP) is 2.69. The van der Waals surface area contributed by atoms with Crippen LogP contribution in [-0.4, -0.2) is 33.6 Å². The van der Waals surface area contributed by atoms with E-state index < -0.39 is 16.2 Å². The first kappa shape index (κ1) is 18.1. The maximum Gasteiger partial charge on any atom is 0.297 e. The molecule has 0 saturated carbocycles. The van der Waals surface area contributed by atoms with Gasteiger partial charge in [0.2, 0.25) is 5.91 Å². The molecule has 7 nitrogen and oxygen atoms in total. The summed E-state index contributed by atoms with van der Waals surface area (Å²) in [7, 11) is -3.90. The van der Waals surface area contributed by atoms with Gasteiger partial charge in [-0.05, 0) is 19.1 Å². The second-order valence-electron chi connectivity index (χ2n) is 6.37. The van der Waals surface area contributed by atoms with Crippen molar-refractivity contribution in [2.45, 2.75) is 24.3 Å². The number of anilines is 1. The van der Waals surface area contributed by atoms with Gasteiger partial charge in [0.25, 0.3) is 10.1 Å². The third kappa shape index (κ3) is 3.47. The monoisotopic (exact) mass is 409 g/mol. The minimum absolute atomic E-state index is 0.0766. The van der Waals surface area contributed by atoms with Crippen molar-refractivity contribution in [3.63, 3.8) is 0 Å². The van der Waals surface area contributed by atoms with Crippen LogP contribution in [0.3, 0.4) is 0 Å². The fourth-order valence-corrected chi connectivity index (χ4v) is 4.14. The minimum atomic E-state index is -3.90. The Bertz CT molecular complexity index is 1020. The van der Waals surface area contributed by atoms with E-state index in [-0.39, 0.29) is 30.4 Å². The number of fused-ring (bicyclic) bond motifs is 3. The van der Waals surface area contributed by atoms with Crippen LogP contribution in [-0.2, 0) is 25.5 Å². The molecule has 0 aliphatic carbocycles. The zero-order valence-corrected chi connectivity index (χ0v) is 15.9. The molecule has 0 saturated heterocycles. The Morgan fingerprint density at radius 3 is 2.78 bits per heavy atom. The quantitative estimate of drug-likeness (QED) is 0.781. The highest BCUT2D eigenvalue weighted by molar-refractivity contribution is 7.86. The summed E-state index contributed by atoms with van der Waals surface area (Å²) >= 11 is 6.15. The fourth-order valence-electron chi connectivity index (χ4n) is 2.95. The van der Waals surface area contributed by atoms with E-state index in [2.05, 4.69) is 5.32 Å². The predicted molar refractivity (Wildman–Crippen MR) is 98.0 cm³/mol. The lowest BCUT2D eigenvalue weighted by atomic mass is 10.1. The Labute approximate surface area is 161 Å². The van der Waals surface area contributed by atoms with Crippen LogP contribution in [0.2, 0.25) is 5.02 Å². The van der Waals surface area contributed by atoms with Crippen LogP contribution in [0.25, 0.3) is 0 Å². The average Bonchev–Trinajstić information content (AvgIpc) is 3.03. The number of rotatable bonds is 4. The molecule has 0 fully saturated rings. The largest absolute Gasteiger partial charge is 0.486 e. The number of carbonyl (C=O) groups excluding carboxylic acids is 1. The zero-order valence-electron chi connectivity index (χ0n) is 14.3. The van der Waals surface area contributed by atoms with Crippen LogP contribution in [0.15, 0.2) is 35.2 Å². The van der Waals surface area contributed by atoms with Crippen LogP contribution in [0.4, 0.5) is 5.69 Å². The number of hydrogen-bond acceptors (Lipinski definition) is 6. The van der Waals surface area contributed by atoms with Crippen LogP contribution in [0.1, 0.15) is 11.1 Å². The summed E-state index contributed by atoms with van der Waals surface area (Å²) in [6.45, 7) is 1.76. The van der Waals surface area contributed by atoms with Gasteiger partial charge in [-0.3, -0.25) is 8.98 Å². The number of carbonyl (C=O) groups is 1. The number of aryl methyl sites for hydroxylation is 1. The Morgan fingerprint density at radius 1 is 1.30 bits per heavy atom. The molecule has 4 rings (SSSR count). The normalized spacial score (nSPS) is 18.1. The SMILES string of the molecule is Cc1ccc(S(=O)(=O)OCC2COc3cc(Cl)c4c(c3O2)CC(=O)N4)cc1. The van der Waals surface area contributed by atoms with E-state index in [1.807, 2.05) is 6.92 Å². The number of benzene rings is 2. The van der Waals surface area contributed by atoms with Crippen LogP contribution in [0.5, 0.6) is 11.5 Å². The van der Waals surface area contributed by atoms with Gasteiger partial charge in [-0.2, -0.15) is 8.42 Å². The number of hydrogen-bond donors (Lipinski definition) is 1. The molecular weight excluding hydrogens is 394 g/mol. The standard InChI is InChI=1S/C18H16ClNO6S/c1-10-2-4-12(5-3-10)27(22,23)25-9-11-8-24-15-7-14(19)17-13(18(15)26-11)6-16(21)20-17/h2-5,7,11H,6,8-9H2,1H3,(H,20,21). The molecule has 27 heavy (non-hydrogen) atoms. The fraction of sp³-hybridized carbons (Fsp3) is 0.278. The summed E-state index contributed by atoms with van der Waals surface area (Å²) in [6, 6.07) is 7.95. The summed E-state index contributed by atoms with van der Waals surface area (Å²) in [5.74, 6) is 0.623. The number of nitrogens with one attached hydrogen (secondary N) is 1. The Balaban J connectivity index is 1.50. The second-order valence-corrected chi connectivity index (χ2v) is 8.39. The van der Waals surface area contributed by atoms with Gasteiger partial charge in [-0.25, -0.2) is 0 Å². The molecule has 2 aliphatic rings. The highest BCUT2D eigenvalue weighted by Gasteiger charge is 2.33. The molecule has 0 bridgehead atoms. The summed E-state index contributed by atoms with van der Waals surface area (Å²) in [5, 5.41) is 3.05. The first-order chi connectivity index (χ1) is 12.8. The van der Waals surface area contributed by atoms with Crippen molar-refractivity contribution in [3.8, 4) is 11.5 Å². The highest BCUT2D eigenvalue weighted by Crippen LogP contribution is 2.46. The van der Waals surface area contributed by atoms with Crippen molar-refractivity contribution in [1.82, 2.24) is 0 Å². The van der Waals surface area contributed by atoms with E-state index >= 15 is 0 Å². The third-order valence-corrected chi connectivity index (χ3v) is 5.92. The first-order valence-electron chi connectivity index (χ1n) is 8.24. The van der Waals surface area contributed by atoms with Gasteiger partial charge in [0, 0.05) is 11.6 Å². The first-order valence-corrected chi connectivity index (χ1v) is 10.0. The number of ether oxygens (including phenoxy) is 2. The molecule has 1 unspecified atom stereocenters. The van der Waals surface area contributed by atoms with Gasteiger partial charge >= 0.3 is 0 Å². The molecule has 0 radical (unpaired) electrons. The van der Waals surface area contributed by atoms with Crippen molar-refractivity contribution in [1.29, 1.82) is 0 Å². The lowest BCUT2D eigenvalue weighted by Crippen LogP contribution is -2.34. The van der Waals surface area contributed by atoms with Crippen LogP contribution < -0.4 is 14.8 Å². The van der Waals surface area contributed by atoms with E-state index in [0.717, 1.165) is 5.56 Å². The Morgan fingerprint density at radius 2 is 2.04 bits per heavy atom. The maximum absolute atomic E-state index is 12.3.